The van der Waals surface area contributed by atoms with Crippen LogP contribution in [0.4, 0.5) is 13.2 Å². The quantitative estimate of drug-likeness (QED) is 0.755. The van der Waals surface area contributed by atoms with Crippen LogP contribution in [0.15, 0.2) is 24.3 Å². The van der Waals surface area contributed by atoms with Gasteiger partial charge in [-0.15, -0.1) is 13.2 Å². The highest BCUT2D eigenvalue weighted by molar-refractivity contribution is 5.72. The molecule has 0 spiro atoms. The largest absolute Gasteiger partial charge is 0.573 e. The minimum absolute atomic E-state index is 0.0782. The number of benzene rings is 1. The van der Waals surface area contributed by atoms with Gasteiger partial charge in [0.2, 0.25) is 5.91 Å². The van der Waals surface area contributed by atoms with E-state index in [4.69, 9.17) is 14.2 Å². The molecule has 140 valence electrons. The first-order chi connectivity index (χ1) is 11.8. The highest BCUT2D eigenvalue weighted by Gasteiger charge is 2.31. The number of hydrogen-bond donors (Lipinski definition) is 1. The maximum Gasteiger partial charge on any atom is 0.573 e. The summed E-state index contributed by atoms with van der Waals surface area (Å²) in [6.07, 6.45) is -4.04. The van der Waals surface area contributed by atoms with Crippen molar-refractivity contribution in [2.45, 2.75) is 38.5 Å². The molecule has 9 heteroatoms. The second-order valence-corrected chi connectivity index (χ2v) is 5.48. The molecule has 25 heavy (non-hydrogen) atoms. The Hall–Kier alpha value is -2.00. The third kappa shape index (κ3) is 7.61. The smallest absolute Gasteiger partial charge is 0.486 e. The molecule has 1 aliphatic heterocycles. The first-order valence-corrected chi connectivity index (χ1v) is 7.82. The molecule has 1 saturated heterocycles. The summed E-state index contributed by atoms with van der Waals surface area (Å²) in [6.45, 7) is 2.64. The van der Waals surface area contributed by atoms with Crippen LogP contribution in [-0.2, 0) is 14.3 Å². The van der Waals surface area contributed by atoms with Crippen molar-refractivity contribution in [3.63, 3.8) is 0 Å². The molecule has 0 aromatic heterocycles. The van der Waals surface area contributed by atoms with Crippen LogP contribution >= 0.6 is 0 Å². The van der Waals surface area contributed by atoms with Crippen molar-refractivity contribution >= 4 is 5.91 Å². The van der Waals surface area contributed by atoms with Crippen molar-refractivity contribution in [2.75, 3.05) is 19.8 Å². The van der Waals surface area contributed by atoms with Gasteiger partial charge in [0.15, 0.2) is 6.29 Å². The Morgan fingerprint density at radius 2 is 1.80 bits per heavy atom. The number of alkyl halides is 3. The van der Waals surface area contributed by atoms with E-state index in [1.807, 2.05) is 0 Å². The van der Waals surface area contributed by atoms with Gasteiger partial charge in [-0.05, 0) is 30.7 Å². The molecular weight excluding hydrogens is 343 g/mol. The summed E-state index contributed by atoms with van der Waals surface area (Å²) in [4.78, 5) is 10.7. The van der Waals surface area contributed by atoms with E-state index in [1.165, 1.54) is 31.2 Å². The van der Waals surface area contributed by atoms with Crippen LogP contribution < -0.4 is 14.8 Å². The van der Waals surface area contributed by atoms with Gasteiger partial charge in [0.05, 0.1) is 13.2 Å². The van der Waals surface area contributed by atoms with Gasteiger partial charge in [0.25, 0.3) is 0 Å². The average molecular weight is 363 g/mol. The second kappa shape index (κ2) is 8.91. The summed E-state index contributed by atoms with van der Waals surface area (Å²) in [5.41, 5.74) is 0. The molecule has 0 unspecified atom stereocenters. The molecule has 0 saturated carbocycles. The van der Waals surface area contributed by atoms with Crippen LogP contribution in [0.3, 0.4) is 0 Å². The molecule has 1 heterocycles. The monoisotopic (exact) mass is 363 g/mol. The van der Waals surface area contributed by atoms with E-state index in [0.717, 1.165) is 6.42 Å². The zero-order valence-electron chi connectivity index (χ0n) is 13.7. The zero-order chi connectivity index (χ0) is 18.3. The van der Waals surface area contributed by atoms with Gasteiger partial charge in [-0.2, -0.15) is 0 Å². The lowest BCUT2D eigenvalue weighted by molar-refractivity contribution is -0.274. The van der Waals surface area contributed by atoms with Crippen molar-refractivity contribution in [1.29, 1.82) is 0 Å². The maximum absolute atomic E-state index is 12.1. The van der Waals surface area contributed by atoms with Gasteiger partial charge in [0.1, 0.15) is 17.6 Å². The Morgan fingerprint density at radius 1 is 1.20 bits per heavy atom. The standard InChI is InChI=1S/C16H20F3NO5/c1-11(21)20-8-2-3-15-22-9-14(10-23-15)24-12-4-6-13(7-5-12)25-16(17,18)19/h4-7,14-15H,2-3,8-10H2,1H3,(H,20,21). The van der Waals surface area contributed by atoms with Crippen molar-refractivity contribution in [2.24, 2.45) is 0 Å². The Balaban J connectivity index is 1.68. The molecule has 0 atom stereocenters. The highest BCUT2D eigenvalue weighted by atomic mass is 19.4. The molecule has 1 aromatic carbocycles. The van der Waals surface area contributed by atoms with Crippen molar-refractivity contribution in [3.8, 4) is 11.5 Å². The Kier molecular flexibility index (Phi) is 6.89. The number of rotatable bonds is 7. The normalized spacial score (nSPS) is 20.8. The topological polar surface area (TPSA) is 66.0 Å². The molecule has 0 bridgehead atoms. The number of hydrogen-bond acceptors (Lipinski definition) is 5. The van der Waals surface area contributed by atoms with E-state index < -0.39 is 6.36 Å². The van der Waals surface area contributed by atoms with Crippen LogP contribution in [0.5, 0.6) is 11.5 Å². The lowest BCUT2D eigenvalue weighted by atomic mass is 10.2. The van der Waals surface area contributed by atoms with Gasteiger partial charge in [-0.25, -0.2) is 0 Å². The van der Waals surface area contributed by atoms with Crippen molar-refractivity contribution < 1.29 is 36.9 Å². The summed E-state index contributed by atoms with van der Waals surface area (Å²) in [5, 5.41) is 2.69. The molecule has 2 rings (SSSR count). The van der Waals surface area contributed by atoms with Gasteiger partial charge >= 0.3 is 6.36 Å². The number of nitrogens with one attached hydrogen (secondary N) is 1. The Labute approximate surface area is 143 Å². The van der Waals surface area contributed by atoms with Crippen molar-refractivity contribution in [1.82, 2.24) is 5.32 Å². The van der Waals surface area contributed by atoms with Crippen LogP contribution in [-0.4, -0.2) is 44.4 Å². The van der Waals surface area contributed by atoms with Gasteiger partial charge in [-0.3, -0.25) is 4.79 Å². The van der Waals surface area contributed by atoms with Gasteiger partial charge < -0.3 is 24.3 Å². The molecule has 0 aliphatic carbocycles. The van der Waals surface area contributed by atoms with Gasteiger partial charge in [0, 0.05) is 19.9 Å². The van der Waals surface area contributed by atoms with Crippen LogP contribution in [0, 0.1) is 0 Å². The highest BCUT2D eigenvalue weighted by Crippen LogP contribution is 2.25. The van der Waals surface area contributed by atoms with Crippen LogP contribution in [0.2, 0.25) is 0 Å². The maximum atomic E-state index is 12.1. The van der Waals surface area contributed by atoms with Crippen LogP contribution in [0.25, 0.3) is 0 Å². The molecule has 6 nitrogen and oxygen atoms in total. The zero-order valence-corrected chi connectivity index (χ0v) is 13.7. The van der Waals surface area contributed by atoms with Crippen LogP contribution in [0.1, 0.15) is 19.8 Å². The summed E-state index contributed by atoms with van der Waals surface area (Å²) in [7, 11) is 0. The second-order valence-electron chi connectivity index (χ2n) is 5.48. The number of carbonyl (C=O) groups excluding carboxylic acids is 1. The van der Waals surface area contributed by atoms with Crippen molar-refractivity contribution in [3.05, 3.63) is 24.3 Å². The number of amides is 1. The SMILES string of the molecule is CC(=O)NCCCC1OCC(Oc2ccc(OC(F)(F)F)cc2)CO1. The number of halogens is 3. The number of ether oxygens (including phenoxy) is 4. The fourth-order valence-corrected chi connectivity index (χ4v) is 2.21. The summed E-state index contributed by atoms with van der Waals surface area (Å²) in [6, 6.07) is 5.14. The average Bonchev–Trinajstić information content (AvgIpc) is 2.53. The molecule has 1 aromatic rings. The van der Waals surface area contributed by atoms with E-state index >= 15 is 0 Å². The van der Waals surface area contributed by atoms with E-state index in [1.54, 1.807) is 0 Å². The molecule has 1 fully saturated rings. The minimum atomic E-state index is -4.72. The minimum Gasteiger partial charge on any atom is -0.486 e. The number of carbonyl (C=O) groups is 1. The molecule has 1 N–H and O–H groups in total. The van der Waals surface area contributed by atoms with E-state index in [2.05, 4.69) is 10.1 Å². The van der Waals surface area contributed by atoms with Gasteiger partial charge in [-0.1, -0.05) is 0 Å². The predicted molar refractivity (Wildman–Crippen MR) is 81.2 cm³/mol. The first kappa shape index (κ1) is 19.3. The molecule has 0 radical (unpaired) electrons. The molecule has 1 amide bonds. The third-order valence-corrected chi connectivity index (χ3v) is 3.29. The molecule has 1 aliphatic rings. The Bertz CT molecular complexity index is 542. The van der Waals surface area contributed by atoms with E-state index in [0.29, 0.717) is 31.9 Å². The first-order valence-electron chi connectivity index (χ1n) is 7.82. The molecular formula is C16H20F3NO5. The summed E-state index contributed by atoms with van der Waals surface area (Å²) >= 11 is 0. The fraction of sp³-hybridized carbons (Fsp3) is 0.562. The predicted octanol–water partition coefficient (Wildman–Crippen LogP) is 2.62. The lowest BCUT2D eigenvalue weighted by Gasteiger charge is -2.29. The lowest BCUT2D eigenvalue weighted by Crippen LogP contribution is -2.39. The summed E-state index contributed by atoms with van der Waals surface area (Å²) in [5.74, 6) is 0.0108. The van der Waals surface area contributed by atoms with E-state index in [-0.39, 0.29) is 24.1 Å². The Morgan fingerprint density at radius 3 is 2.36 bits per heavy atom. The third-order valence-electron chi connectivity index (χ3n) is 3.29. The van der Waals surface area contributed by atoms with E-state index in [9.17, 15) is 18.0 Å². The summed E-state index contributed by atoms with van der Waals surface area (Å²) < 4.78 is 56.7. The fourth-order valence-electron chi connectivity index (χ4n) is 2.21.